The van der Waals surface area contributed by atoms with Gasteiger partial charge < -0.3 is 14.8 Å². The average Bonchev–Trinajstić information content (AvgIpc) is 3.16. The van der Waals surface area contributed by atoms with Crippen molar-refractivity contribution in [2.75, 3.05) is 20.3 Å². The van der Waals surface area contributed by atoms with E-state index < -0.39 is 0 Å². The molecule has 1 fully saturated rings. The van der Waals surface area contributed by atoms with Crippen LogP contribution in [0.15, 0.2) is 18.2 Å². The Hall–Kier alpha value is -1.06. The molecular formula is C16H23NO2. The second-order valence-electron chi connectivity index (χ2n) is 5.49. The number of hydrogen-bond donors (Lipinski definition) is 1. The van der Waals surface area contributed by atoms with Crippen LogP contribution in [0.5, 0.6) is 5.75 Å². The minimum absolute atomic E-state index is 0.290. The second kappa shape index (κ2) is 5.51. The molecule has 0 radical (unpaired) electrons. The first-order chi connectivity index (χ1) is 9.33. The van der Waals surface area contributed by atoms with Crippen LogP contribution in [0, 0.1) is 5.92 Å². The largest absolute Gasteiger partial charge is 0.493 e. The van der Waals surface area contributed by atoms with Crippen molar-refractivity contribution in [3.8, 4) is 5.75 Å². The Bertz CT molecular complexity index is 442. The van der Waals surface area contributed by atoms with Gasteiger partial charge in [-0.25, -0.2) is 0 Å². The summed E-state index contributed by atoms with van der Waals surface area (Å²) in [6.07, 6.45) is 3.94. The summed E-state index contributed by atoms with van der Waals surface area (Å²) < 4.78 is 11.6. The molecule has 2 aliphatic rings. The molecule has 104 valence electrons. The molecule has 1 aliphatic carbocycles. The Morgan fingerprint density at radius 3 is 2.95 bits per heavy atom. The van der Waals surface area contributed by atoms with Crippen LogP contribution in [0.2, 0.25) is 0 Å². The van der Waals surface area contributed by atoms with Crippen molar-refractivity contribution in [2.45, 2.75) is 38.3 Å². The molecule has 1 aliphatic heterocycles. The number of fused-ring (bicyclic) bond motifs is 1. The lowest BCUT2D eigenvalue weighted by atomic mass is 9.96. The standard InChI is InChI=1S/C16H23NO2/c1-3-18-16(11-4-5-11)15(17-2)13-6-7-14-12(10-13)8-9-19-14/h6-7,10-11,15-17H,3-5,8-9H2,1-2H3. The second-order valence-corrected chi connectivity index (χ2v) is 5.49. The third kappa shape index (κ3) is 2.63. The van der Waals surface area contributed by atoms with E-state index in [0.717, 1.165) is 31.3 Å². The van der Waals surface area contributed by atoms with Gasteiger partial charge in [-0.15, -0.1) is 0 Å². The summed E-state index contributed by atoms with van der Waals surface area (Å²) >= 11 is 0. The average molecular weight is 261 g/mol. The molecule has 1 heterocycles. The Morgan fingerprint density at radius 1 is 1.42 bits per heavy atom. The van der Waals surface area contributed by atoms with Crippen molar-refractivity contribution in [3.63, 3.8) is 0 Å². The molecule has 3 rings (SSSR count). The van der Waals surface area contributed by atoms with Gasteiger partial charge in [0, 0.05) is 13.0 Å². The summed E-state index contributed by atoms with van der Waals surface area (Å²) in [5.41, 5.74) is 2.67. The highest BCUT2D eigenvalue weighted by Crippen LogP contribution is 2.40. The van der Waals surface area contributed by atoms with Gasteiger partial charge in [-0.1, -0.05) is 12.1 Å². The zero-order chi connectivity index (χ0) is 13.2. The van der Waals surface area contributed by atoms with Crippen LogP contribution >= 0.6 is 0 Å². The number of hydrogen-bond acceptors (Lipinski definition) is 3. The first-order valence-electron chi connectivity index (χ1n) is 7.38. The molecule has 0 saturated heterocycles. The molecular weight excluding hydrogens is 238 g/mol. The molecule has 0 amide bonds. The monoisotopic (exact) mass is 261 g/mol. The van der Waals surface area contributed by atoms with E-state index in [-0.39, 0.29) is 0 Å². The minimum atomic E-state index is 0.290. The van der Waals surface area contributed by atoms with Crippen LogP contribution in [-0.4, -0.2) is 26.4 Å². The molecule has 0 aromatic heterocycles. The smallest absolute Gasteiger partial charge is 0.122 e. The summed E-state index contributed by atoms with van der Waals surface area (Å²) in [5.74, 6) is 1.78. The summed E-state index contributed by atoms with van der Waals surface area (Å²) in [6, 6.07) is 6.87. The molecule has 1 N–H and O–H groups in total. The highest BCUT2D eigenvalue weighted by molar-refractivity contribution is 5.41. The van der Waals surface area contributed by atoms with Gasteiger partial charge in [-0.2, -0.15) is 0 Å². The van der Waals surface area contributed by atoms with Crippen molar-refractivity contribution in [2.24, 2.45) is 5.92 Å². The molecule has 1 aromatic carbocycles. The normalized spacial score (nSPS) is 20.7. The van der Waals surface area contributed by atoms with Gasteiger partial charge in [0.25, 0.3) is 0 Å². The van der Waals surface area contributed by atoms with Crippen LogP contribution in [0.25, 0.3) is 0 Å². The third-order valence-electron chi connectivity index (χ3n) is 4.16. The van der Waals surface area contributed by atoms with Crippen molar-refractivity contribution >= 4 is 0 Å². The third-order valence-corrected chi connectivity index (χ3v) is 4.16. The Labute approximate surface area is 115 Å². The van der Waals surface area contributed by atoms with Crippen molar-refractivity contribution in [1.29, 1.82) is 0 Å². The zero-order valence-corrected chi connectivity index (χ0v) is 11.8. The molecule has 3 heteroatoms. The number of nitrogens with one attached hydrogen (secondary N) is 1. The van der Waals surface area contributed by atoms with E-state index in [1.54, 1.807) is 0 Å². The van der Waals surface area contributed by atoms with E-state index >= 15 is 0 Å². The molecule has 3 nitrogen and oxygen atoms in total. The number of ether oxygens (including phenoxy) is 2. The summed E-state index contributed by atoms with van der Waals surface area (Å²) in [6.45, 7) is 3.69. The van der Waals surface area contributed by atoms with Crippen LogP contribution in [-0.2, 0) is 11.2 Å². The molecule has 2 unspecified atom stereocenters. The summed E-state index contributed by atoms with van der Waals surface area (Å²) in [7, 11) is 2.03. The van der Waals surface area contributed by atoms with E-state index in [1.165, 1.54) is 24.0 Å². The molecule has 2 atom stereocenters. The molecule has 1 saturated carbocycles. The SMILES string of the molecule is CCOC(C1CC1)C(NC)c1ccc2c(c1)CCO2. The quantitative estimate of drug-likeness (QED) is 0.854. The topological polar surface area (TPSA) is 30.5 Å². The van der Waals surface area contributed by atoms with Crippen molar-refractivity contribution in [1.82, 2.24) is 5.32 Å². The number of benzene rings is 1. The summed E-state index contributed by atoms with van der Waals surface area (Å²) in [5, 5.41) is 3.45. The van der Waals surface area contributed by atoms with Gasteiger partial charge in [0.05, 0.1) is 18.8 Å². The Balaban J connectivity index is 1.84. The molecule has 19 heavy (non-hydrogen) atoms. The van der Waals surface area contributed by atoms with Gasteiger partial charge >= 0.3 is 0 Å². The molecule has 1 aromatic rings. The maximum absolute atomic E-state index is 6.00. The maximum Gasteiger partial charge on any atom is 0.122 e. The minimum Gasteiger partial charge on any atom is -0.493 e. The van der Waals surface area contributed by atoms with Crippen LogP contribution < -0.4 is 10.1 Å². The number of likely N-dealkylation sites (N-methyl/N-ethyl adjacent to an activating group) is 1. The lowest BCUT2D eigenvalue weighted by molar-refractivity contribution is 0.0204. The van der Waals surface area contributed by atoms with Gasteiger partial charge in [0.2, 0.25) is 0 Å². The highest BCUT2D eigenvalue weighted by atomic mass is 16.5. The van der Waals surface area contributed by atoms with E-state index in [4.69, 9.17) is 9.47 Å². The van der Waals surface area contributed by atoms with E-state index in [9.17, 15) is 0 Å². The fraction of sp³-hybridized carbons (Fsp3) is 0.625. The lowest BCUT2D eigenvalue weighted by Gasteiger charge is -2.27. The Kier molecular flexibility index (Phi) is 3.76. The first kappa shape index (κ1) is 12.9. The van der Waals surface area contributed by atoms with Crippen LogP contribution in [0.1, 0.15) is 36.9 Å². The van der Waals surface area contributed by atoms with Crippen LogP contribution in [0.4, 0.5) is 0 Å². The van der Waals surface area contributed by atoms with Gasteiger partial charge in [-0.05, 0) is 49.9 Å². The maximum atomic E-state index is 6.00. The van der Waals surface area contributed by atoms with Crippen LogP contribution in [0.3, 0.4) is 0 Å². The lowest BCUT2D eigenvalue weighted by Crippen LogP contribution is -2.33. The predicted molar refractivity (Wildman–Crippen MR) is 75.6 cm³/mol. The highest BCUT2D eigenvalue weighted by Gasteiger charge is 2.37. The predicted octanol–water partition coefficient (Wildman–Crippen LogP) is 2.70. The van der Waals surface area contributed by atoms with Gasteiger partial charge in [0.15, 0.2) is 0 Å². The fourth-order valence-electron chi connectivity index (χ4n) is 3.04. The van der Waals surface area contributed by atoms with Crippen molar-refractivity contribution < 1.29 is 9.47 Å². The van der Waals surface area contributed by atoms with E-state index in [1.807, 2.05) is 7.05 Å². The van der Waals surface area contributed by atoms with Crippen molar-refractivity contribution in [3.05, 3.63) is 29.3 Å². The number of rotatable bonds is 6. The Morgan fingerprint density at radius 2 is 2.26 bits per heavy atom. The zero-order valence-electron chi connectivity index (χ0n) is 11.8. The van der Waals surface area contributed by atoms with E-state index in [0.29, 0.717) is 12.1 Å². The summed E-state index contributed by atoms with van der Waals surface area (Å²) in [4.78, 5) is 0. The van der Waals surface area contributed by atoms with E-state index in [2.05, 4.69) is 30.4 Å². The van der Waals surface area contributed by atoms with Gasteiger partial charge in [0.1, 0.15) is 5.75 Å². The molecule has 0 spiro atoms. The first-order valence-corrected chi connectivity index (χ1v) is 7.38. The molecule has 0 bridgehead atoms. The fourth-order valence-corrected chi connectivity index (χ4v) is 3.04. The van der Waals surface area contributed by atoms with Gasteiger partial charge in [-0.3, -0.25) is 0 Å².